The highest BCUT2D eigenvalue weighted by molar-refractivity contribution is 8.26. The van der Waals surface area contributed by atoms with Crippen molar-refractivity contribution in [3.05, 3.63) is 107 Å². The highest BCUT2D eigenvalue weighted by atomic mass is 32.2. The van der Waals surface area contributed by atoms with Gasteiger partial charge in [0.15, 0.2) is 0 Å². The normalized spacial score (nSPS) is 15.6. The molecule has 2 heterocycles. The molecule has 1 aliphatic rings. The molecule has 3 aromatic carbocycles. The molecule has 1 unspecified atom stereocenters. The van der Waals surface area contributed by atoms with Crippen LogP contribution in [-0.4, -0.2) is 31.0 Å². The number of thiocarbonyl (C=S) groups is 1. The minimum absolute atomic E-state index is 0.0922. The minimum atomic E-state index is -0.153. The van der Waals surface area contributed by atoms with Crippen LogP contribution in [-0.2, 0) is 4.79 Å². The molecule has 1 aromatic heterocycles. The molecule has 0 N–H and O–H groups in total. The minimum Gasteiger partial charge on any atom is -0.491 e. The van der Waals surface area contributed by atoms with E-state index >= 15 is 0 Å². The molecule has 1 aliphatic heterocycles. The first-order valence-electron chi connectivity index (χ1n) is 12.1. The summed E-state index contributed by atoms with van der Waals surface area (Å²) in [6, 6.07) is 27.6. The van der Waals surface area contributed by atoms with Crippen molar-refractivity contribution in [2.75, 3.05) is 0 Å². The van der Waals surface area contributed by atoms with E-state index in [0.717, 1.165) is 33.8 Å². The van der Waals surface area contributed by atoms with Crippen molar-refractivity contribution < 1.29 is 9.53 Å². The van der Waals surface area contributed by atoms with Gasteiger partial charge in [0.05, 0.1) is 28.4 Å². The lowest BCUT2D eigenvalue weighted by molar-refractivity contribution is -0.123. The van der Waals surface area contributed by atoms with Crippen LogP contribution < -0.4 is 4.74 Å². The molecule has 1 amide bonds. The summed E-state index contributed by atoms with van der Waals surface area (Å²) in [5, 5.41) is 4.89. The number of hydrogen-bond donors (Lipinski definition) is 0. The van der Waals surface area contributed by atoms with Crippen LogP contribution in [0.4, 0.5) is 0 Å². The Morgan fingerprint density at radius 3 is 2.22 bits per heavy atom. The number of thioether (sulfide) groups is 1. The van der Waals surface area contributed by atoms with Gasteiger partial charge in [0.25, 0.3) is 5.91 Å². The third kappa shape index (κ3) is 5.38. The maximum atomic E-state index is 13.5. The Balaban J connectivity index is 1.52. The van der Waals surface area contributed by atoms with Crippen LogP contribution >= 0.6 is 24.0 Å². The zero-order valence-corrected chi connectivity index (χ0v) is 22.5. The summed E-state index contributed by atoms with van der Waals surface area (Å²) < 4.78 is 8.20. The van der Waals surface area contributed by atoms with Crippen molar-refractivity contribution in [2.45, 2.75) is 32.9 Å². The first kappa shape index (κ1) is 25.0. The van der Waals surface area contributed by atoms with Gasteiger partial charge in [0.1, 0.15) is 10.1 Å². The maximum absolute atomic E-state index is 13.5. The van der Waals surface area contributed by atoms with Crippen LogP contribution in [0.5, 0.6) is 5.75 Å². The van der Waals surface area contributed by atoms with Crippen molar-refractivity contribution in [1.29, 1.82) is 0 Å². The summed E-state index contributed by atoms with van der Waals surface area (Å²) in [7, 11) is 0. The van der Waals surface area contributed by atoms with Crippen molar-refractivity contribution in [1.82, 2.24) is 14.7 Å². The second kappa shape index (κ2) is 10.7. The van der Waals surface area contributed by atoms with Gasteiger partial charge in [-0.15, -0.1) is 0 Å². The molecule has 4 aromatic rings. The number of carbonyl (C=O) groups excluding carboxylic acids is 1. The van der Waals surface area contributed by atoms with E-state index in [1.165, 1.54) is 11.8 Å². The first-order valence-corrected chi connectivity index (χ1v) is 13.4. The van der Waals surface area contributed by atoms with Crippen LogP contribution in [0.25, 0.3) is 23.0 Å². The molecule has 0 spiro atoms. The van der Waals surface area contributed by atoms with Gasteiger partial charge >= 0.3 is 0 Å². The third-order valence-electron chi connectivity index (χ3n) is 6.04. The van der Waals surface area contributed by atoms with Gasteiger partial charge in [-0.2, -0.15) is 5.10 Å². The van der Waals surface area contributed by atoms with Gasteiger partial charge in [0, 0.05) is 17.3 Å². The first-order chi connectivity index (χ1) is 17.9. The molecule has 0 bridgehead atoms. The molecule has 186 valence electrons. The number of rotatable bonds is 7. The van der Waals surface area contributed by atoms with E-state index < -0.39 is 0 Å². The number of benzene rings is 3. The number of amides is 1. The topological polar surface area (TPSA) is 47.4 Å². The van der Waals surface area contributed by atoms with Crippen molar-refractivity contribution in [3.63, 3.8) is 0 Å². The fourth-order valence-electron chi connectivity index (χ4n) is 4.23. The van der Waals surface area contributed by atoms with Crippen molar-refractivity contribution >= 4 is 40.3 Å². The highest BCUT2D eigenvalue weighted by Crippen LogP contribution is 2.39. The lowest BCUT2D eigenvalue weighted by atomic mass is 10.1. The number of nitrogens with zero attached hydrogens (tertiary/aromatic N) is 3. The average molecular weight is 526 g/mol. The van der Waals surface area contributed by atoms with E-state index in [-0.39, 0.29) is 18.1 Å². The lowest BCUT2D eigenvalue weighted by Gasteiger charge is -2.23. The van der Waals surface area contributed by atoms with E-state index in [2.05, 4.69) is 0 Å². The Kier molecular flexibility index (Phi) is 7.26. The summed E-state index contributed by atoms with van der Waals surface area (Å²) in [5.41, 5.74) is 4.54. The van der Waals surface area contributed by atoms with Crippen molar-refractivity contribution in [3.8, 4) is 22.7 Å². The molecule has 7 heteroatoms. The van der Waals surface area contributed by atoms with E-state index in [4.69, 9.17) is 22.1 Å². The molecule has 0 radical (unpaired) electrons. The summed E-state index contributed by atoms with van der Waals surface area (Å²) >= 11 is 6.97. The number of carbonyl (C=O) groups is 1. The van der Waals surface area contributed by atoms with E-state index in [0.29, 0.717) is 9.23 Å². The Bertz CT molecular complexity index is 1450. The summed E-state index contributed by atoms with van der Waals surface area (Å²) in [5.74, 6) is 0.712. The van der Waals surface area contributed by atoms with Gasteiger partial charge in [-0.3, -0.25) is 9.69 Å². The zero-order chi connectivity index (χ0) is 25.9. The second-order valence-corrected chi connectivity index (χ2v) is 10.7. The van der Waals surface area contributed by atoms with E-state index in [1.807, 2.05) is 123 Å². The Hall–Kier alpha value is -3.68. The molecule has 37 heavy (non-hydrogen) atoms. The monoisotopic (exact) mass is 525 g/mol. The molecular formula is C30H27N3O2S2. The molecular weight excluding hydrogens is 498 g/mol. The van der Waals surface area contributed by atoms with Crippen molar-refractivity contribution in [2.24, 2.45) is 0 Å². The molecule has 0 saturated carbocycles. The molecule has 1 saturated heterocycles. The fourth-order valence-corrected chi connectivity index (χ4v) is 5.64. The van der Waals surface area contributed by atoms with E-state index in [1.54, 1.807) is 4.90 Å². The number of para-hydroxylation sites is 1. The second-order valence-electron chi connectivity index (χ2n) is 9.04. The van der Waals surface area contributed by atoms with Crippen LogP contribution in [0.1, 0.15) is 37.9 Å². The number of ether oxygens (including phenoxy) is 1. The zero-order valence-electron chi connectivity index (χ0n) is 20.9. The number of aromatic nitrogens is 2. The van der Waals surface area contributed by atoms with Crippen LogP contribution in [0.3, 0.4) is 0 Å². The predicted molar refractivity (Wildman–Crippen MR) is 155 cm³/mol. The molecule has 1 fully saturated rings. The van der Waals surface area contributed by atoms with E-state index in [9.17, 15) is 4.79 Å². The predicted octanol–water partition coefficient (Wildman–Crippen LogP) is 7.29. The third-order valence-corrected chi connectivity index (χ3v) is 7.37. The van der Waals surface area contributed by atoms with Crippen LogP contribution in [0.2, 0.25) is 0 Å². The molecule has 0 aliphatic carbocycles. The van der Waals surface area contributed by atoms with Gasteiger partial charge < -0.3 is 4.74 Å². The quantitative estimate of drug-likeness (QED) is 0.187. The largest absolute Gasteiger partial charge is 0.491 e. The highest BCUT2D eigenvalue weighted by Gasteiger charge is 2.36. The summed E-state index contributed by atoms with van der Waals surface area (Å²) in [6.45, 7) is 6.01. The smallest absolute Gasteiger partial charge is 0.266 e. The molecule has 5 rings (SSSR count). The van der Waals surface area contributed by atoms with Gasteiger partial charge in [-0.1, -0.05) is 72.5 Å². The Morgan fingerprint density at radius 2 is 1.57 bits per heavy atom. The Labute approximate surface area is 226 Å². The fraction of sp³-hybridized carbons (Fsp3) is 0.167. The summed E-state index contributed by atoms with van der Waals surface area (Å²) in [6.07, 6.45) is 3.95. The average Bonchev–Trinajstić information content (AvgIpc) is 3.45. The summed E-state index contributed by atoms with van der Waals surface area (Å²) in [4.78, 5) is 15.8. The van der Waals surface area contributed by atoms with Gasteiger partial charge in [0.2, 0.25) is 0 Å². The SMILES string of the molecule is CC(C)Oc1ccc(-c2nn(-c3ccccc3)cc2C=C2SC(=S)N(C(C)c3ccccc3)C2=O)cc1. The number of hydrogen-bond acceptors (Lipinski definition) is 5. The molecule has 1 atom stereocenters. The standard InChI is InChI=1S/C30H27N3O2S2/c1-20(2)35-26-16-14-23(15-17-26)28-24(19-32(31-28)25-12-8-5-9-13-25)18-27-29(34)33(30(36)37-27)21(3)22-10-6-4-7-11-22/h4-21H,1-3H3. The van der Waals surface area contributed by atoms with Gasteiger partial charge in [-0.05, 0) is 68.8 Å². The maximum Gasteiger partial charge on any atom is 0.266 e. The van der Waals surface area contributed by atoms with Crippen LogP contribution in [0.15, 0.2) is 96.0 Å². The molecule has 5 nitrogen and oxygen atoms in total. The lowest BCUT2D eigenvalue weighted by Crippen LogP contribution is -2.30. The van der Waals surface area contributed by atoms with Crippen LogP contribution in [0, 0.1) is 0 Å². The Morgan fingerprint density at radius 1 is 0.919 bits per heavy atom. The van der Waals surface area contributed by atoms with Gasteiger partial charge in [-0.25, -0.2) is 4.68 Å².